The Morgan fingerprint density at radius 2 is 1.89 bits per heavy atom. The minimum absolute atomic E-state index is 0.174. The number of rotatable bonds is 8. The van der Waals surface area contributed by atoms with E-state index < -0.39 is 23.6 Å². The van der Waals surface area contributed by atoms with Crippen LogP contribution < -0.4 is 16.4 Å². The number of aliphatic hydroxyl groups is 1. The molecule has 4 rings (SSSR count). The Labute approximate surface area is 208 Å². The summed E-state index contributed by atoms with van der Waals surface area (Å²) in [4.78, 5) is 16.8. The van der Waals surface area contributed by atoms with Crippen LogP contribution in [0.3, 0.4) is 0 Å². The summed E-state index contributed by atoms with van der Waals surface area (Å²) in [7, 11) is 1.70. The number of aryl methyl sites for hydroxylation is 1. The normalized spacial score (nSPS) is 17.7. The van der Waals surface area contributed by atoms with Gasteiger partial charge in [-0.05, 0) is 66.8 Å². The Kier molecular flexibility index (Phi) is 7.32. The Bertz CT molecular complexity index is 1290. The highest BCUT2D eigenvalue weighted by atomic mass is 19.1. The number of halogens is 2. The monoisotopic (exact) mass is 494 g/mol. The van der Waals surface area contributed by atoms with Gasteiger partial charge in [0.15, 0.2) is 6.10 Å². The van der Waals surface area contributed by atoms with Crippen LogP contribution in [0.15, 0.2) is 55.2 Å². The zero-order valence-corrected chi connectivity index (χ0v) is 20.0. The first-order valence-corrected chi connectivity index (χ1v) is 11.4. The van der Waals surface area contributed by atoms with Crippen molar-refractivity contribution >= 4 is 23.1 Å². The molecule has 9 heteroatoms. The number of nitrogens with two attached hydrogens (primary N) is 1. The minimum Gasteiger partial charge on any atom is -0.383 e. The van der Waals surface area contributed by atoms with Crippen molar-refractivity contribution in [1.29, 1.82) is 0 Å². The molecule has 0 saturated heterocycles. The maximum absolute atomic E-state index is 13.4. The molecule has 5 N–H and O–H groups in total. The summed E-state index contributed by atoms with van der Waals surface area (Å²) in [5.41, 5.74) is 10.3. The lowest BCUT2D eigenvalue weighted by molar-refractivity contribution is -0.124. The Morgan fingerprint density at radius 3 is 2.53 bits per heavy atom. The number of nitrogens with one attached hydrogen (secondary N) is 2. The number of methoxy groups -OCH3 is 1. The number of benzene rings is 2. The first-order chi connectivity index (χ1) is 17.1. The third kappa shape index (κ3) is 5.53. The molecule has 2 aromatic carbocycles. The third-order valence-electron chi connectivity index (χ3n) is 6.30. The molecule has 0 aliphatic heterocycles. The van der Waals surface area contributed by atoms with Crippen LogP contribution in [0, 0.1) is 18.6 Å². The van der Waals surface area contributed by atoms with Crippen LogP contribution in [-0.4, -0.2) is 35.3 Å². The van der Waals surface area contributed by atoms with E-state index >= 15 is 0 Å². The van der Waals surface area contributed by atoms with E-state index in [-0.39, 0.29) is 17.7 Å². The van der Waals surface area contributed by atoms with Crippen LogP contribution in [0.4, 0.5) is 20.3 Å². The second-order valence-electron chi connectivity index (χ2n) is 8.93. The second-order valence-corrected chi connectivity index (χ2v) is 8.93. The molecule has 0 bridgehead atoms. The van der Waals surface area contributed by atoms with Gasteiger partial charge in [-0.3, -0.25) is 4.79 Å². The predicted octanol–water partition coefficient (Wildman–Crippen LogP) is 4.33. The lowest BCUT2D eigenvalue weighted by atomic mass is 9.88. The highest BCUT2D eigenvalue weighted by Gasteiger charge is 2.29. The van der Waals surface area contributed by atoms with E-state index in [2.05, 4.69) is 22.2 Å². The summed E-state index contributed by atoms with van der Waals surface area (Å²) < 4.78 is 32.2. The fraction of sp³-hybridized carbons (Fsp3) is 0.259. The summed E-state index contributed by atoms with van der Waals surface area (Å²) >= 11 is 0. The van der Waals surface area contributed by atoms with Gasteiger partial charge in [-0.25, -0.2) is 13.8 Å². The molecule has 1 atom stereocenters. The summed E-state index contributed by atoms with van der Waals surface area (Å²) in [6.07, 6.45) is 2.00. The second kappa shape index (κ2) is 10.4. The van der Waals surface area contributed by atoms with Gasteiger partial charge in [0, 0.05) is 47.9 Å². The van der Waals surface area contributed by atoms with E-state index in [0.29, 0.717) is 28.8 Å². The van der Waals surface area contributed by atoms with E-state index in [9.17, 15) is 18.7 Å². The van der Waals surface area contributed by atoms with Crippen LogP contribution in [0.5, 0.6) is 0 Å². The Morgan fingerprint density at radius 1 is 1.19 bits per heavy atom. The van der Waals surface area contributed by atoms with Crippen LogP contribution in [0.2, 0.25) is 0 Å². The fourth-order valence-corrected chi connectivity index (χ4v) is 4.22. The zero-order valence-electron chi connectivity index (χ0n) is 20.0. The molecular weight excluding hydrogens is 466 g/mol. The molecule has 1 heterocycles. The number of nitrogens with zero attached hydrogens (tertiary/aromatic N) is 1. The number of pyridine rings is 1. The van der Waals surface area contributed by atoms with Gasteiger partial charge in [0.25, 0.3) is 5.91 Å². The van der Waals surface area contributed by atoms with E-state index in [1.165, 1.54) is 0 Å². The largest absolute Gasteiger partial charge is 0.383 e. The van der Waals surface area contributed by atoms with E-state index in [1.807, 2.05) is 19.1 Å². The number of nitrogen functional groups attached to an aromatic ring is 1. The number of hydrogen-bond acceptors (Lipinski definition) is 6. The Balaban J connectivity index is 1.48. The van der Waals surface area contributed by atoms with E-state index in [0.717, 1.165) is 41.7 Å². The molecule has 1 aliphatic rings. The Hall–Kier alpha value is -3.82. The van der Waals surface area contributed by atoms with Crippen LogP contribution in [0.25, 0.3) is 16.8 Å². The first kappa shape index (κ1) is 25.3. The van der Waals surface area contributed by atoms with Crippen molar-refractivity contribution in [2.24, 2.45) is 0 Å². The number of anilines is 2. The molecule has 3 aromatic rings. The maximum atomic E-state index is 13.4. The highest BCUT2D eigenvalue weighted by Crippen LogP contribution is 2.31. The van der Waals surface area contributed by atoms with Crippen molar-refractivity contribution in [2.45, 2.75) is 38.0 Å². The van der Waals surface area contributed by atoms with Gasteiger partial charge in [-0.15, -0.1) is 0 Å². The molecule has 1 unspecified atom stereocenters. The van der Waals surface area contributed by atoms with Crippen molar-refractivity contribution < 1.29 is 23.4 Å². The summed E-state index contributed by atoms with van der Waals surface area (Å²) in [5.74, 6) is -2.20. The van der Waals surface area contributed by atoms with Crippen molar-refractivity contribution in [3.8, 4) is 11.1 Å². The number of ether oxygens (including phenoxy) is 1. The van der Waals surface area contributed by atoms with Gasteiger partial charge in [0.05, 0.1) is 6.10 Å². The molecule has 1 saturated carbocycles. The summed E-state index contributed by atoms with van der Waals surface area (Å²) in [5, 5.41) is 16.2. The molecule has 36 heavy (non-hydrogen) atoms. The number of aromatic nitrogens is 1. The predicted molar refractivity (Wildman–Crippen MR) is 135 cm³/mol. The summed E-state index contributed by atoms with van der Waals surface area (Å²) in [6, 6.07) is 9.89. The van der Waals surface area contributed by atoms with Crippen molar-refractivity contribution in [1.82, 2.24) is 10.3 Å². The minimum atomic E-state index is -1.73. The standard InChI is InChI=1S/C27H28F2N4O3/c1-14-6-20(33-27(35)25(34)16-7-18(28)10-19(29)8-16)4-5-23(14)17-9-24(26(30)31-13-17)15(2)32-21-11-22(12-21)36-3/h4-10,13,21-22,25,32,34H,2,11-12H2,1,3H3,(H2,30,31)(H,33,35). The molecule has 188 valence electrons. The van der Waals surface area contributed by atoms with Gasteiger partial charge in [0.1, 0.15) is 17.5 Å². The van der Waals surface area contributed by atoms with Crippen LogP contribution in [-0.2, 0) is 9.53 Å². The molecule has 1 aliphatic carbocycles. The molecule has 1 fully saturated rings. The maximum Gasteiger partial charge on any atom is 0.257 e. The van der Waals surface area contributed by atoms with Crippen molar-refractivity contribution in [3.63, 3.8) is 0 Å². The lowest BCUT2D eigenvalue weighted by Gasteiger charge is -2.36. The molecule has 0 radical (unpaired) electrons. The third-order valence-corrected chi connectivity index (χ3v) is 6.30. The summed E-state index contributed by atoms with van der Waals surface area (Å²) in [6.45, 7) is 5.99. The molecule has 1 aromatic heterocycles. The zero-order chi connectivity index (χ0) is 26.0. The molecule has 0 spiro atoms. The number of aliphatic hydroxyl groups excluding tert-OH is 1. The smallest absolute Gasteiger partial charge is 0.257 e. The number of carbonyl (C=O) groups is 1. The number of amides is 1. The van der Waals surface area contributed by atoms with Gasteiger partial charge >= 0.3 is 0 Å². The van der Waals surface area contributed by atoms with Crippen molar-refractivity contribution in [3.05, 3.63) is 83.6 Å². The van der Waals surface area contributed by atoms with Crippen LogP contribution in [0.1, 0.15) is 35.6 Å². The first-order valence-electron chi connectivity index (χ1n) is 11.4. The van der Waals surface area contributed by atoms with Crippen LogP contribution >= 0.6 is 0 Å². The topological polar surface area (TPSA) is 110 Å². The molecular formula is C27H28F2N4O3. The highest BCUT2D eigenvalue weighted by molar-refractivity contribution is 5.95. The lowest BCUT2D eigenvalue weighted by Crippen LogP contribution is -2.44. The quantitative estimate of drug-likeness (QED) is 0.371. The van der Waals surface area contributed by atoms with E-state index in [4.69, 9.17) is 10.5 Å². The number of hydrogen-bond donors (Lipinski definition) is 4. The molecule has 7 nitrogen and oxygen atoms in total. The average Bonchev–Trinajstić information content (AvgIpc) is 2.80. The van der Waals surface area contributed by atoms with Gasteiger partial charge in [-0.1, -0.05) is 12.6 Å². The molecule has 1 amide bonds. The SMILES string of the molecule is C=C(NC1CC(OC)C1)c1cc(-c2ccc(NC(=O)C(O)c3cc(F)cc(F)c3)cc2C)cnc1N. The van der Waals surface area contributed by atoms with Gasteiger partial charge < -0.3 is 26.2 Å². The van der Waals surface area contributed by atoms with Gasteiger partial charge in [0.2, 0.25) is 0 Å². The fourth-order valence-electron chi connectivity index (χ4n) is 4.22. The number of carbonyl (C=O) groups excluding carboxylic acids is 1. The van der Waals surface area contributed by atoms with Gasteiger partial charge in [-0.2, -0.15) is 0 Å². The average molecular weight is 495 g/mol. The van der Waals surface area contributed by atoms with Crippen molar-refractivity contribution in [2.75, 3.05) is 18.2 Å². The van der Waals surface area contributed by atoms with E-state index in [1.54, 1.807) is 25.4 Å².